The van der Waals surface area contributed by atoms with E-state index >= 15 is 0 Å². The molecule has 3 atom stereocenters. The van der Waals surface area contributed by atoms with Gasteiger partial charge in [0.25, 0.3) is 0 Å². The lowest BCUT2D eigenvalue weighted by molar-refractivity contribution is -0.142. The number of likely N-dealkylation sites (tertiary alicyclic amines) is 1. The first-order valence-electron chi connectivity index (χ1n) is 7.20. The van der Waals surface area contributed by atoms with E-state index in [1.165, 1.54) is 0 Å². The van der Waals surface area contributed by atoms with E-state index in [0.717, 1.165) is 32.5 Å². The van der Waals surface area contributed by atoms with Gasteiger partial charge in [-0.15, -0.1) is 0 Å². The summed E-state index contributed by atoms with van der Waals surface area (Å²) >= 11 is 0. The van der Waals surface area contributed by atoms with Gasteiger partial charge in [0, 0.05) is 12.6 Å². The molecule has 2 heterocycles. The van der Waals surface area contributed by atoms with Gasteiger partial charge in [-0.2, -0.15) is 0 Å². The fourth-order valence-corrected chi connectivity index (χ4v) is 2.80. The Morgan fingerprint density at radius 2 is 2.15 bits per heavy atom. The van der Waals surface area contributed by atoms with Crippen molar-refractivity contribution in [2.75, 3.05) is 32.8 Å². The molecule has 2 saturated heterocycles. The molecular weight excluding hydrogens is 262 g/mol. The summed E-state index contributed by atoms with van der Waals surface area (Å²) < 4.78 is 5.12. The number of hydrogen-bond donors (Lipinski definition) is 3. The highest BCUT2D eigenvalue weighted by atomic mass is 16.5. The molecule has 0 aromatic rings. The van der Waals surface area contributed by atoms with Gasteiger partial charge >= 0.3 is 12.0 Å². The molecule has 0 spiro atoms. The number of hydrogen-bond acceptors (Lipinski definition) is 4. The molecule has 2 aliphatic rings. The van der Waals surface area contributed by atoms with Crippen molar-refractivity contribution in [1.29, 1.82) is 0 Å². The molecule has 2 aliphatic heterocycles. The monoisotopic (exact) mass is 285 g/mol. The van der Waals surface area contributed by atoms with Crippen LogP contribution in [0.15, 0.2) is 0 Å². The number of rotatable bonds is 4. The van der Waals surface area contributed by atoms with Crippen LogP contribution in [0.4, 0.5) is 4.79 Å². The van der Waals surface area contributed by atoms with Crippen molar-refractivity contribution in [3.8, 4) is 0 Å². The molecule has 0 bridgehead atoms. The molecule has 20 heavy (non-hydrogen) atoms. The Morgan fingerprint density at radius 1 is 1.35 bits per heavy atom. The van der Waals surface area contributed by atoms with Gasteiger partial charge in [0.1, 0.15) is 5.92 Å². The third-order valence-electron chi connectivity index (χ3n) is 4.00. The molecule has 7 heteroatoms. The maximum atomic E-state index is 11.9. The third-order valence-corrected chi connectivity index (χ3v) is 4.00. The Bertz CT molecular complexity index is 364. The van der Waals surface area contributed by atoms with Gasteiger partial charge in [-0.05, 0) is 25.9 Å². The maximum Gasteiger partial charge on any atom is 0.315 e. The second-order valence-corrected chi connectivity index (χ2v) is 5.44. The van der Waals surface area contributed by atoms with E-state index < -0.39 is 17.9 Å². The third kappa shape index (κ3) is 3.83. The van der Waals surface area contributed by atoms with Crippen LogP contribution in [0.2, 0.25) is 0 Å². The molecule has 0 aromatic heterocycles. The van der Waals surface area contributed by atoms with E-state index in [2.05, 4.69) is 22.5 Å². The van der Waals surface area contributed by atoms with Gasteiger partial charge in [0.15, 0.2) is 0 Å². The predicted octanol–water partition coefficient (Wildman–Crippen LogP) is -0.130. The summed E-state index contributed by atoms with van der Waals surface area (Å²) in [7, 11) is 0. The largest absolute Gasteiger partial charge is 0.481 e. The summed E-state index contributed by atoms with van der Waals surface area (Å²) in [6.45, 7) is 5.44. The standard InChI is InChI=1S/C13H23N3O4/c1-2-16-5-3-4-9(6-16)14-13(19)15-11-8-20-7-10(11)12(17)18/h9-11H,2-8H2,1H3,(H,17,18)(H2,14,15,19). The number of carboxylic acid groups (broad SMARTS) is 1. The summed E-state index contributed by atoms with van der Waals surface area (Å²) in [6, 6.07) is -0.609. The maximum absolute atomic E-state index is 11.9. The Hall–Kier alpha value is -1.34. The number of piperidine rings is 1. The van der Waals surface area contributed by atoms with E-state index in [9.17, 15) is 9.59 Å². The zero-order valence-electron chi connectivity index (χ0n) is 11.8. The quantitative estimate of drug-likeness (QED) is 0.669. The average Bonchev–Trinajstić information content (AvgIpc) is 2.87. The zero-order valence-corrected chi connectivity index (χ0v) is 11.8. The van der Waals surface area contributed by atoms with Crippen LogP contribution in [0.25, 0.3) is 0 Å². The number of likely N-dealkylation sites (N-methyl/N-ethyl adjacent to an activating group) is 1. The minimum Gasteiger partial charge on any atom is -0.481 e. The molecular formula is C13H23N3O4. The molecule has 114 valence electrons. The molecule has 0 saturated carbocycles. The Morgan fingerprint density at radius 3 is 2.85 bits per heavy atom. The normalized spacial score (nSPS) is 30.9. The summed E-state index contributed by atoms with van der Waals surface area (Å²) in [4.78, 5) is 25.2. The fourth-order valence-electron chi connectivity index (χ4n) is 2.80. The van der Waals surface area contributed by atoms with Gasteiger partial charge in [-0.1, -0.05) is 6.92 Å². The number of nitrogens with zero attached hydrogens (tertiary/aromatic N) is 1. The Balaban J connectivity index is 1.78. The van der Waals surface area contributed by atoms with Crippen molar-refractivity contribution in [2.24, 2.45) is 5.92 Å². The number of carbonyl (C=O) groups excluding carboxylic acids is 1. The lowest BCUT2D eigenvalue weighted by atomic mass is 10.0. The van der Waals surface area contributed by atoms with Crippen LogP contribution in [0.3, 0.4) is 0 Å². The zero-order chi connectivity index (χ0) is 14.5. The predicted molar refractivity (Wildman–Crippen MR) is 72.5 cm³/mol. The summed E-state index contributed by atoms with van der Waals surface area (Å²) in [5.74, 6) is -1.58. The molecule has 7 nitrogen and oxygen atoms in total. The fraction of sp³-hybridized carbons (Fsp3) is 0.846. The first-order valence-corrected chi connectivity index (χ1v) is 7.20. The first-order chi connectivity index (χ1) is 9.60. The van der Waals surface area contributed by atoms with Crippen LogP contribution >= 0.6 is 0 Å². The molecule has 0 aliphatic carbocycles. The van der Waals surface area contributed by atoms with Crippen molar-refractivity contribution in [3.05, 3.63) is 0 Å². The molecule has 3 N–H and O–H groups in total. The Kier molecular flexibility index (Phi) is 5.19. The van der Waals surface area contributed by atoms with Crippen molar-refractivity contribution >= 4 is 12.0 Å². The van der Waals surface area contributed by atoms with Gasteiger partial charge in [0.05, 0.1) is 19.3 Å². The second kappa shape index (κ2) is 6.90. The van der Waals surface area contributed by atoms with Crippen molar-refractivity contribution in [3.63, 3.8) is 0 Å². The number of ether oxygens (including phenoxy) is 1. The number of aliphatic carboxylic acids is 1. The SMILES string of the molecule is CCN1CCCC(NC(=O)NC2COCC2C(=O)O)C1. The minimum atomic E-state index is -0.928. The molecule has 2 fully saturated rings. The second-order valence-electron chi connectivity index (χ2n) is 5.44. The molecule has 2 amide bonds. The van der Waals surface area contributed by atoms with E-state index in [4.69, 9.17) is 9.84 Å². The highest BCUT2D eigenvalue weighted by molar-refractivity contribution is 5.77. The van der Waals surface area contributed by atoms with Crippen LogP contribution in [-0.4, -0.2) is 66.9 Å². The van der Waals surface area contributed by atoms with Crippen LogP contribution in [0.1, 0.15) is 19.8 Å². The van der Waals surface area contributed by atoms with Gasteiger partial charge in [0.2, 0.25) is 0 Å². The van der Waals surface area contributed by atoms with Gasteiger partial charge in [-0.3, -0.25) is 4.79 Å². The van der Waals surface area contributed by atoms with Gasteiger partial charge < -0.3 is 25.4 Å². The van der Waals surface area contributed by atoms with Gasteiger partial charge in [-0.25, -0.2) is 4.79 Å². The van der Waals surface area contributed by atoms with Crippen molar-refractivity contribution in [2.45, 2.75) is 31.8 Å². The number of amides is 2. The lowest BCUT2D eigenvalue weighted by Crippen LogP contribution is -2.53. The number of nitrogens with one attached hydrogen (secondary N) is 2. The van der Waals surface area contributed by atoms with E-state index in [-0.39, 0.29) is 25.3 Å². The van der Waals surface area contributed by atoms with Crippen molar-refractivity contribution < 1.29 is 19.4 Å². The summed E-state index contributed by atoms with van der Waals surface area (Å²) in [6.07, 6.45) is 2.04. The minimum absolute atomic E-state index is 0.134. The lowest BCUT2D eigenvalue weighted by Gasteiger charge is -2.32. The average molecular weight is 285 g/mol. The Labute approximate surface area is 118 Å². The highest BCUT2D eigenvalue weighted by Crippen LogP contribution is 2.14. The smallest absolute Gasteiger partial charge is 0.315 e. The number of urea groups is 1. The first kappa shape index (κ1) is 15.1. The van der Waals surface area contributed by atoms with E-state index in [1.54, 1.807) is 0 Å². The number of carboxylic acids is 1. The van der Waals surface area contributed by atoms with Crippen LogP contribution in [0, 0.1) is 5.92 Å². The van der Waals surface area contributed by atoms with Crippen molar-refractivity contribution in [1.82, 2.24) is 15.5 Å². The number of carbonyl (C=O) groups is 2. The van der Waals surface area contributed by atoms with Crippen LogP contribution < -0.4 is 10.6 Å². The van der Waals surface area contributed by atoms with E-state index in [1.807, 2.05) is 0 Å². The molecule has 0 aromatic carbocycles. The van der Waals surface area contributed by atoms with Crippen LogP contribution in [0.5, 0.6) is 0 Å². The topological polar surface area (TPSA) is 90.9 Å². The highest BCUT2D eigenvalue weighted by Gasteiger charge is 2.35. The van der Waals surface area contributed by atoms with E-state index in [0.29, 0.717) is 0 Å². The summed E-state index contributed by atoms with van der Waals surface area (Å²) in [5.41, 5.74) is 0. The molecule has 3 unspecified atom stereocenters. The molecule has 0 radical (unpaired) electrons. The van der Waals surface area contributed by atoms with Crippen LogP contribution in [-0.2, 0) is 9.53 Å². The molecule has 2 rings (SSSR count). The summed E-state index contributed by atoms with van der Waals surface area (Å²) in [5, 5.41) is 14.7.